The zero-order chi connectivity index (χ0) is 18.8. The second-order valence-corrected chi connectivity index (χ2v) is 6.52. The van der Waals surface area contributed by atoms with E-state index in [2.05, 4.69) is 15.0 Å². The molecule has 25 heavy (non-hydrogen) atoms. The number of ether oxygens (including phenoxy) is 1. The fourth-order valence-electron chi connectivity index (χ4n) is 2.01. The third-order valence-corrected chi connectivity index (χ3v) is 4.81. The highest BCUT2D eigenvalue weighted by molar-refractivity contribution is 8.01. The zero-order valence-electron chi connectivity index (χ0n) is 13.5. The van der Waals surface area contributed by atoms with Crippen molar-refractivity contribution in [1.82, 2.24) is 10.2 Å². The highest BCUT2D eigenvalue weighted by Gasteiger charge is 2.33. The third kappa shape index (κ3) is 4.69. The third-order valence-electron chi connectivity index (χ3n) is 3.38. The topological polar surface area (TPSA) is 97.0 Å². The first-order chi connectivity index (χ1) is 11.6. The van der Waals surface area contributed by atoms with Gasteiger partial charge in [-0.2, -0.15) is 0 Å². The van der Waals surface area contributed by atoms with E-state index in [0.29, 0.717) is 6.42 Å². The van der Waals surface area contributed by atoms with Gasteiger partial charge >= 0.3 is 6.36 Å². The van der Waals surface area contributed by atoms with Gasteiger partial charge in [0.25, 0.3) is 0 Å². The molecule has 1 heterocycles. The molecule has 1 aromatic carbocycles. The van der Waals surface area contributed by atoms with Crippen molar-refractivity contribution in [2.45, 2.75) is 30.8 Å². The first-order valence-electron chi connectivity index (χ1n) is 7.27. The average molecular weight is 378 g/mol. The number of rotatable bonds is 5. The van der Waals surface area contributed by atoms with Gasteiger partial charge in [0, 0.05) is 13.5 Å². The second-order valence-electron chi connectivity index (χ2n) is 5.18. The molecule has 7 nitrogen and oxygen atoms in total. The van der Waals surface area contributed by atoms with Crippen molar-refractivity contribution in [3.63, 3.8) is 0 Å². The molecule has 1 aromatic rings. The lowest BCUT2D eigenvalue weighted by Crippen LogP contribution is -2.50. The number of nitrogens with one attached hydrogen (secondary N) is 1. The summed E-state index contributed by atoms with van der Waals surface area (Å²) in [5.74, 6) is -0.659. The van der Waals surface area contributed by atoms with E-state index in [4.69, 9.17) is 5.73 Å². The lowest BCUT2D eigenvalue weighted by atomic mass is 10.3. The van der Waals surface area contributed by atoms with Gasteiger partial charge in [0.05, 0.1) is 23.3 Å². The normalized spacial score (nSPS) is 17.5. The van der Waals surface area contributed by atoms with Crippen LogP contribution in [0.2, 0.25) is 0 Å². The number of carbonyl (C=O) groups is 1. The number of likely N-dealkylation sites (N-methyl/N-ethyl adjacent to an activating group) is 1. The summed E-state index contributed by atoms with van der Waals surface area (Å²) < 4.78 is 53.2. The van der Waals surface area contributed by atoms with Gasteiger partial charge in [0.2, 0.25) is 11.1 Å². The molecule has 2 atom stereocenters. The van der Waals surface area contributed by atoms with Crippen LogP contribution in [0.4, 0.5) is 18.9 Å². The first-order valence-corrected chi connectivity index (χ1v) is 8.42. The van der Waals surface area contributed by atoms with Gasteiger partial charge in [0.1, 0.15) is 16.5 Å². The van der Waals surface area contributed by atoms with Crippen LogP contribution in [-0.4, -0.2) is 46.3 Å². The standard InChI is InChI=1S/C14H17F3N4O3S/c1-3-12(22)19-7-11(18)21(2)13-20-9-5-4-8(24-14(15,16)17)6-10(9)25(13)23/h4-6,11H,3,7,18H2,1-2H3,(H,19,22)/t11-,25?/m0/s1. The summed E-state index contributed by atoms with van der Waals surface area (Å²) in [6, 6.07) is 3.42. The van der Waals surface area contributed by atoms with Crippen LogP contribution in [0.5, 0.6) is 5.75 Å². The molecule has 0 spiro atoms. The summed E-state index contributed by atoms with van der Waals surface area (Å²) in [6.07, 6.45) is -5.23. The van der Waals surface area contributed by atoms with E-state index in [0.717, 1.165) is 12.1 Å². The number of nitrogens with zero attached hydrogens (tertiary/aromatic N) is 2. The Hall–Kier alpha value is -2.14. The number of halogens is 3. The SMILES string of the molecule is CCC(=O)NC[C@@H](N)N(C)C1=Nc2ccc(OC(F)(F)F)cc2S1=O. The van der Waals surface area contributed by atoms with Crippen molar-refractivity contribution in [3.05, 3.63) is 18.2 Å². The fraction of sp³-hybridized carbons (Fsp3) is 0.429. The van der Waals surface area contributed by atoms with Gasteiger partial charge in [-0.3, -0.25) is 4.79 Å². The number of amides is 1. The minimum atomic E-state index is -4.84. The fourth-order valence-corrected chi connectivity index (χ4v) is 3.31. The van der Waals surface area contributed by atoms with Crippen molar-refractivity contribution in [2.24, 2.45) is 10.7 Å². The lowest BCUT2D eigenvalue weighted by Gasteiger charge is -2.25. The Kier molecular flexibility index (Phi) is 5.68. The molecule has 1 aliphatic rings. The van der Waals surface area contributed by atoms with Crippen LogP contribution in [0.1, 0.15) is 13.3 Å². The lowest BCUT2D eigenvalue weighted by molar-refractivity contribution is -0.274. The van der Waals surface area contributed by atoms with Crippen LogP contribution in [0.3, 0.4) is 0 Å². The van der Waals surface area contributed by atoms with Crippen LogP contribution >= 0.6 is 0 Å². The van der Waals surface area contributed by atoms with E-state index in [1.165, 1.54) is 11.0 Å². The molecule has 138 valence electrons. The van der Waals surface area contributed by atoms with Crippen molar-refractivity contribution in [2.75, 3.05) is 13.6 Å². The zero-order valence-corrected chi connectivity index (χ0v) is 14.3. The van der Waals surface area contributed by atoms with E-state index < -0.39 is 29.1 Å². The van der Waals surface area contributed by atoms with Crippen molar-refractivity contribution in [1.29, 1.82) is 0 Å². The maximum absolute atomic E-state index is 12.5. The van der Waals surface area contributed by atoms with E-state index in [-0.39, 0.29) is 28.2 Å². The molecule has 0 saturated carbocycles. The Balaban J connectivity index is 2.11. The molecule has 0 radical (unpaired) electrons. The maximum atomic E-state index is 12.5. The van der Waals surface area contributed by atoms with Crippen LogP contribution in [-0.2, 0) is 15.6 Å². The number of carbonyl (C=O) groups excluding carboxylic acids is 1. The van der Waals surface area contributed by atoms with Gasteiger partial charge in [0.15, 0.2) is 0 Å². The van der Waals surface area contributed by atoms with E-state index in [1.807, 2.05) is 0 Å². The molecular weight excluding hydrogens is 361 g/mol. The summed E-state index contributed by atoms with van der Waals surface area (Å²) in [7, 11) is -0.265. The summed E-state index contributed by atoms with van der Waals surface area (Å²) in [6.45, 7) is 1.80. The Morgan fingerprint density at radius 1 is 1.48 bits per heavy atom. The monoisotopic (exact) mass is 378 g/mol. The molecule has 3 N–H and O–H groups in total. The Labute approximate surface area is 144 Å². The Bertz CT molecular complexity index is 724. The number of fused-ring (bicyclic) bond motifs is 1. The molecule has 0 fully saturated rings. The maximum Gasteiger partial charge on any atom is 0.573 e. The van der Waals surface area contributed by atoms with Gasteiger partial charge in [-0.25, -0.2) is 9.20 Å². The van der Waals surface area contributed by atoms with Crippen molar-refractivity contribution in [3.8, 4) is 5.75 Å². The minimum Gasteiger partial charge on any atom is -0.406 e. The summed E-state index contributed by atoms with van der Waals surface area (Å²) in [5, 5.41) is 2.70. The summed E-state index contributed by atoms with van der Waals surface area (Å²) in [5.41, 5.74) is 6.21. The molecule has 0 aromatic heterocycles. The Morgan fingerprint density at radius 3 is 2.76 bits per heavy atom. The number of alkyl halides is 3. The number of benzene rings is 1. The molecule has 0 saturated heterocycles. The molecule has 0 bridgehead atoms. The predicted octanol–water partition coefficient (Wildman–Crippen LogP) is 1.44. The minimum absolute atomic E-state index is 0.0948. The molecular formula is C14H17F3N4O3S. The van der Waals surface area contributed by atoms with E-state index >= 15 is 0 Å². The van der Waals surface area contributed by atoms with Gasteiger partial charge in [-0.15, -0.1) is 13.2 Å². The van der Waals surface area contributed by atoms with E-state index in [1.54, 1.807) is 14.0 Å². The average Bonchev–Trinajstić information content (AvgIpc) is 2.86. The van der Waals surface area contributed by atoms with Gasteiger partial charge in [-0.1, -0.05) is 6.92 Å². The largest absolute Gasteiger partial charge is 0.573 e. The molecule has 1 amide bonds. The van der Waals surface area contributed by atoms with E-state index in [9.17, 15) is 22.2 Å². The number of amidine groups is 1. The number of nitrogens with two attached hydrogens (primary N) is 1. The van der Waals surface area contributed by atoms with Crippen LogP contribution in [0.25, 0.3) is 0 Å². The smallest absolute Gasteiger partial charge is 0.406 e. The first kappa shape index (κ1) is 19.2. The predicted molar refractivity (Wildman–Crippen MR) is 85.7 cm³/mol. The number of aliphatic imine (C=N–C) groups is 1. The molecule has 2 rings (SSSR count). The summed E-state index contributed by atoms with van der Waals surface area (Å²) in [4.78, 5) is 16.9. The molecule has 0 aliphatic carbocycles. The van der Waals surface area contributed by atoms with Crippen molar-refractivity contribution >= 4 is 27.6 Å². The van der Waals surface area contributed by atoms with Gasteiger partial charge < -0.3 is 20.7 Å². The number of hydrogen-bond acceptors (Lipinski definition) is 6. The molecule has 11 heteroatoms. The quantitative estimate of drug-likeness (QED) is 0.756. The number of hydrogen-bond donors (Lipinski definition) is 2. The van der Waals surface area contributed by atoms with Crippen molar-refractivity contribution < 1.29 is 26.9 Å². The van der Waals surface area contributed by atoms with Crippen LogP contribution in [0, 0.1) is 0 Å². The highest BCUT2D eigenvalue weighted by atomic mass is 32.2. The van der Waals surface area contributed by atoms with Gasteiger partial charge in [-0.05, 0) is 18.2 Å². The van der Waals surface area contributed by atoms with Crippen LogP contribution in [0.15, 0.2) is 28.1 Å². The van der Waals surface area contributed by atoms with Crippen LogP contribution < -0.4 is 15.8 Å². The summed E-state index contributed by atoms with van der Waals surface area (Å²) >= 11 is 0. The molecule has 1 unspecified atom stereocenters. The molecule has 1 aliphatic heterocycles. The highest BCUT2D eigenvalue weighted by Crippen LogP contribution is 2.35. The Morgan fingerprint density at radius 2 is 2.16 bits per heavy atom. The second kappa shape index (κ2) is 7.40.